The lowest BCUT2D eigenvalue weighted by atomic mass is 10.5. The van der Waals surface area contributed by atoms with Crippen LogP contribution in [0.5, 0.6) is 0 Å². The van der Waals surface area contributed by atoms with Crippen LogP contribution in [0, 0.1) is 10.1 Å². The molecule has 2 heterocycles. The van der Waals surface area contributed by atoms with E-state index in [0.717, 1.165) is 16.6 Å². The van der Waals surface area contributed by atoms with Crippen molar-refractivity contribution < 1.29 is 4.92 Å². The van der Waals surface area contributed by atoms with Gasteiger partial charge in [-0.15, -0.1) is 11.3 Å². The summed E-state index contributed by atoms with van der Waals surface area (Å²) < 4.78 is 1.53. The van der Waals surface area contributed by atoms with Crippen LogP contribution in [0.3, 0.4) is 0 Å². The third kappa shape index (κ3) is 2.78. The number of nitrogens with zero attached hydrogens (tertiary/aromatic N) is 4. The second-order valence-corrected chi connectivity index (χ2v) is 4.41. The van der Waals surface area contributed by atoms with Crippen molar-refractivity contribution in [2.75, 3.05) is 11.9 Å². The summed E-state index contributed by atoms with van der Waals surface area (Å²) in [6.45, 7) is 3.31. The summed E-state index contributed by atoms with van der Waals surface area (Å²) in [5, 5.41) is 18.3. The average molecular weight is 253 g/mol. The van der Waals surface area contributed by atoms with E-state index in [9.17, 15) is 10.1 Å². The van der Waals surface area contributed by atoms with Crippen molar-refractivity contribution in [3.05, 3.63) is 33.5 Å². The van der Waals surface area contributed by atoms with E-state index in [1.807, 2.05) is 6.92 Å². The lowest BCUT2D eigenvalue weighted by Gasteiger charge is -1.94. The number of nitro groups is 1. The number of aromatic nitrogens is 3. The third-order valence-electron chi connectivity index (χ3n) is 2.01. The fourth-order valence-electron chi connectivity index (χ4n) is 1.31. The molecule has 1 N–H and O–H groups in total. The highest BCUT2D eigenvalue weighted by Crippen LogP contribution is 2.19. The molecule has 0 spiro atoms. The SMILES string of the molecule is CCNc1ncc(Cn2ccc([N+](=O)[O-])n2)s1. The summed E-state index contributed by atoms with van der Waals surface area (Å²) in [4.78, 5) is 15.1. The van der Waals surface area contributed by atoms with Crippen LogP contribution < -0.4 is 5.32 Å². The molecule has 8 heteroatoms. The Balaban J connectivity index is 2.05. The van der Waals surface area contributed by atoms with E-state index in [1.165, 1.54) is 22.1 Å². The molecule has 0 radical (unpaired) electrons. The molecule has 0 unspecified atom stereocenters. The highest BCUT2D eigenvalue weighted by Gasteiger charge is 2.11. The summed E-state index contributed by atoms with van der Waals surface area (Å²) >= 11 is 1.52. The zero-order chi connectivity index (χ0) is 12.3. The van der Waals surface area contributed by atoms with Crippen molar-refractivity contribution >= 4 is 22.3 Å². The van der Waals surface area contributed by atoms with Gasteiger partial charge < -0.3 is 15.4 Å². The molecular weight excluding hydrogens is 242 g/mol. The number of hydrogen-bond donors (Lipinski definition) is 1. The monoisotopic (exact) mass is 253 g/mol. The van der Waals surface area contributed by atoms with Crippen molar-refractivity contribution in [1.82, 2.24) is 14.8 Å². The van der Waals surface area contributed by atoms with Gasteiger partial charge in [0.1, 0.15) is 0 Å². The number of nitrogens with one attached hydrogen (secondary N) is 1. The molecule has 90 valence electrons. The maximum absolute atomic E-state index is 10.5. The van der Waals surface area contributed by atoms with Crippen molar-refractivity contribution in [1.29, 1.82) is 0 Å². The second kappa shape index (κ2) is 4.91. The maximum Gasteiger partial charge on any atom is 0.389 e. The summed E-state index contributed by atoms with van der Waals surface area (Å²) in [5.41, 5.74) is 0. The van der Waals surface area contributed by atoms with Crippen LogP contribution >= 0.6 is 11.3 Å². The van der Waals surface area contributed by atoms with Crippen molar-refractivity contribution in [3.63, 3.8) is 0 Å². The highest BCUT2D eigenvalue weighted by molar-refractivity contribution is 7.15. The van der Waals surface area contributed by atoms with Crippen LogP contribution in [-0.2, 0) is 6.54 Å². The molecule has 0 aliphatic heterocycles. The minimum Gasteiger partial charge on any atom is -0.362 e. The van der Waals surface area contributed by atoms with Crippen LogP contribution in [0.1, 0.15) is 11.8 Å². The zero-order valence-corrected chi connectivity index (χ0v) is 9.98. The lowest BCUT2D eigenvalue weighted by molar-refractivity contribution is -0.389. The van der Waals surface area contributed by atoms with Gasteiger partial charge in [-0.05, 0) is 11.8 Å². The van der Waals surface area contributed by atoms with Gasteiger partial charge in [0, 0.05) is 12.7 Å². The molecule has 2 aromatic rings. The summed E-state index contributed by atoms with van der Waals surface area (Å²) in [6, 6.07) is 1.38. The Morgan fingerprint density at radius 3 is 3.12 bits per heavy atom. The van der Waals surface area contributed by atoms with Gasteiger partial charge >= 0.3 is 5.82 Å². The first-order valence-corrected chi connectivity index (χ1v) is 5.87. The van der Waals surface area contributed by atoms with Gasteiger partial charge in [0.2, 0.25) is 0 Å². The first-order chi connectivity index (χ1) is 8.19. The molecule has 7 nitrogen and oxygen atoms in total. The van der Waals surface area contributed by atoms with Gasteiger partial charge in [0.15, 0.2) is 5.13 Å². The molecule has 2 aromatic heterocycles. The fraction of sp³-hybridized carbons (Fsp3) is 0.333. The topological polar surface area (TPSA) is 85.9 Å². The van der Waals surface area contributed by atoms with E-state index in [1.54, 1.807) is 12.4 Å². The Morgan fingerprint density at radius 2 is 2.47 bits per heavy atom. The number of hydrogen-bond acceptors (Lipinski definition) is 6. The molecule has 0 aliphatic rings. The number of thiazole rings is 1. The van der Waals surface area contributed by atoms with Gasteiger partial charge in [0.25, 0.3) is 0 Å². The Hall–Kier alpha value is -1.96. The number of anilines is 1. The fourth-order valence-corrected chi connectivity index (χ4v) is 2.18. The molecule has 0 saturated carbocycles. The molecule has 0 amide bonds. The summed E-state index contributed by atoms with van der Waals surface area (Å²) in [7, 11) is 0. The Labute approximate surface area is 101 Å². The Bertz CT molecular complexity index is 521. The van der Waals surface area contributed by atoms with Gasteiger partial charge in [-0.25, -0.2) is 4.98 Å². The van der Waals surface area contributed by atoms with Crippen LogP contribution in [0.4, 0.5) is 10.9 Å². The Kier molecular flexibility index (Phi) is 3.33. The van der Waals surface area contributed by atoms with Crippen molar-refractivity contribution in [2.24, 2.45) is 0 Å². The summed E-state index contributed by atoms with van der Waals surface area (Å²) in [5.74, 6) is -0.138. The highest BCUT2D eigenvalue weighted by atomic mass is 32.1. The van der Waals surface area contributed by atoms with Crippen molar-refractivity contribution in [3.8, 4) is 0 Å². The Morgan fingerprint density at radius 1 is 1.65 bits per heavy atom. The summed E-state index contributed by atoms with van der Waals surface area (Å²) in [6.07, 6.45) is 3.33. The molecule has 0 aromatic carbocycles. The normalized spacial score (nSPS) is 10.4. The molecular formula is C9H11N5O2S. The lowest BCUT2D eigenvalue weighted by Crippen LogP contribution is -1.99. The van der Waals surface area contributed by atoms with Gasteiger partial charge in [0.05, 0.1) is 28.8 Å². The van der Waals surface area contributed by atoms with Gasteiger partial charge in [-0.3, -0.25) is 0 Å². The average Bonchev–Trinajstić information content (AvgIpc) is 2.89. The predicted octanol–water partition coefficient (Wildman–Crippen LogP) is 1.73. The standard InChI is InChI=1S/C9H11N5O2S/c1-2-10-9-11-5-7(17-9)6-13-4-3-8(12-13)14(15)16/h3-5H,2,6H2,1H3,(H,10,11). The van der Waals surface area contributed by atoms with Crippen LogP contribution in [0.15, 0.2) is 18.5 Å². The minimum absolute atomic E-state index is 0.138. The predicted molar refractivity (Wildman–Crippen MR) is 64.3 cm³/mol. The van der Waals surface area contributed by atoms with E-state index in [2.05, 4.69) is 15.4 Å². The third-order valence-corrected chi connectivity index (χ3v) is 2.95. The molecule has 0 bridgehead atoms. The quantitative estimate of drug-likeness (QED) is 0.647. The second-order valence-electron chi connectivity index (χ2n) is 3.29. The largest absolute Gasteiger partial charge is 0.389 e. The first kappa shape index (κ1) is 11.5. The zero-order valence-electron chi connectivity index (χ0n) is 9.16. The molecule has 0 aliphatic carbocycles. The smallest absolute Gasteiger partial charge is 0.362 e. The number of rotatable bonds is 5. The van der Waals surface area contributed by atoms with Crippen molar-refractivity contribution in [2.45, 2.75) is 13.5 Å². The van der Waals surface area contributed by atoms with E-state index < -0.39 is 4.92 Å². The van der Waals surface area contributed by atoms with E-state index in [-0.39, 0.29) is 5.82 Å². The van der Waals surface area contributed by atoms with E-state index in [0.29, 0.717) is 6.54 Å². The molecule has 0 atom stereocenters. The molecule has 0 saturated heterocycles. The first-order valence-electron chi connectivity index (χ1n) is 5.05. The minimum atomic E-state index is -0.507. The van der Waals surface area contributed by atoms with Gasteiger partial charge in [-0.1, -0.05) is 0 Å². The maximum atomic E-state index is 10.5. The molecule has 2 rings (SSSR count). The van der Waals surface area contributed by atoms with Crippen LogP contribution in [0.25, 0.3) is 0 Å². The van der Waals surface area contributed by atoms with Crippen LogP contribution in [-0.4, -0.2) is 26.2 Å². The van der Waals surface area contributed by atoms with Crippen LogP contribution in [0.2, 0.25) is 0 Å². The molecule has 0 fully saturated rings. The van der Waals surface area contributed by atoms with Gasteiger partial charge in [-0.2, -0.15) is 4.68 Å². The van der Waals surface area contributed by atoms with E-state index in [4.69, 9.17) is 0 Å². The van der Waals surface area contributed by atoms with E-state index >= 15 is 0 Å². The molecule has 17 heavy (non-hydrogen) atoms.